The number of aryl methyl sites for hydroxylation is 1. The largest absolute Gasteiger partial charge is 0.497 e. The Morgan fingerprint density at radius 3 is 2.64 bits per heavy atom. The fourth-order valence-corrected chi connectivity index (χ4v) is 3.26. The zero-order valence-electron chi connectivity index (χ0n) is 15.2. The first-order valence-electron chi connectivity index (χ1n) is 8.75. The number of hydrogen-bond acceptors (Lipinski definition) is 6. The molecule has 2 aromatic rings. The third-order valence-corrected chi connectivity index (χ3v) is 4.94. The number of nitrogens with two attached hydrogens (primary N) is 1. The highest BCUT2D eigenvalue weighted by Gasteiger charge is 2.21. The van der Waals surface area contributed by atoms with Crippen molar-refractivity contribution in [1.29, 1.82) is 0 Å². The van der Waals surface area contributed by atoms with Crippen LogP contribution in [-0.4, -0.2) is 43.7 Å². The lowest BCUT2D eigenvalue weighted by Crippen LogP contribution is -2.35. The number of rotatable bonds is 6. The Labute approximate surface area is 148 Å². The summed E-state index contributed by atoms with van der Waals surface area (Å²) in [6, 6.07) is 5.62. The lowest BCUT2D eigenvalue weighted by molar-refractivity contribution is 0.178. The summed E-state index contributed by atoms with van der Waals surface area (Å²) in [5, 5.41) is 0. The van der Waals surface area contributed by atoms with Crippen LogP contribution in [0.15, 0.2) is 22.6 Å². The van der Waals surface area contributed by atoms with E-state index in [1.54, 1.807) is 14.2 Å². The van der Waals surface area contributed by atoms with Gasteiger partial charge in [0.2, 0.25) is 5.89 Å². The fraction of sp³-hybridized carbons (Fsp3) is 0.526. The van der Waals surface area contributed by atoms with Gasteiger partial charge < -0.3 is 19.6 Å². The van der Waals surface area contributed by atoms with E-state index in [1.807, 2.05) is 25.1 Å². The topological polar surface area (TPSA) is 73.8 Å². The quantitative estimate of drug-likeness (QED) is 0.868. The first-order chi connectivity index (χ1) is 12.1. The first kappa shape index (κ1) is 17.8. The summed E-state index contributed by atoms with van der Waals surface area (Å²) < 4.78 is 16.7. The summed E-state index contributed by atoms with van der Waals surface area (Å²) in [4.78, 5) is 7.15. The molecule has 0 amide bonds. The van der Waals surface area contributed by atoms with E-state index in [-0.39, 0.29) is 0 Å². The van der Waals surface area contributed by atoms with Gasteiger partial charge in [-0.1, -0.05) is 0 Å². The van der Waals surface area contributed by atoms with Gasteiger partial charge in [-0.3, -0.25) is 4.90 Å². The SMILES string of the molecule is COc1ccc(OC)c(-c2nc(CN3CCC(CN)CC3)c(C)o2)c1. The maximum atomic E-state index is 5.93. The summed E-state index contributed by atoms with van der Waals surface area (Å²) in [5.41, 5.74) is 7.56. The van der Waals surface area contributed by atoms with Crippen LogP contribution in [0, 0.1) is 12.8 Å². The van der Waals surface area contributed by atoms with Gasteiger partial charge in [0.25, 0.3) is 0 Å². The molecular formula is C19H27N3O3. The van der Waals surface area contributed by atoms with Crippen molar-refractivity contribution in [3.8, 4) is 23.0 Å². The standard InChI is InChI=1S/C19H27N3O3/c1-13-17(12-22-8-6-14(11-20)7-9-22)21-19(25-13)16-10-15(23-2)4-5-18(16)24-3/h4-5,10,14H,6-9,11-12,20H2,1-3H3. The molecular weight excluding hydrogens is 318 g/mol. The van der Waals surface area contributed by atoms with Crippen LogP contribution in [0.3, 0.4) is 0 Å². The number of hydrogen-bond donors (Lipinski definition) is 1. The van der Waals surface area contributed by atoms with E-state index in [0.717, 1.165) is 67.5 Å². The number of benzene rings is 1. The molecule has 1 aromatic heterocycles. The van der Waals surface area contributed by atoms with Crippen molar-refractivity contribution < 1.29 is 13.9 Å². The van der Waals surface area contributed by atoms with Crippen molar-refractivity contribution >= 4 is 0 Å². The molecule has 1 aliphatic rings. The van der Waals surface area contributed by atoms with Gasteiger partial charge in [0, 0.05) is 6.54 Å². The maximum Gasteiger partial charge on any atom is 0.230 e. The molecule has 2 N–H and O–H groups in total. The molecule has 1 fully saturated rings. The van der Waals surface area contributed by atoms with Crippen LogP contribution in [0.2, 0.25) is 0 Å². The molecule has 0 bridgehead atoms. The molecule has 6 nitrogen and oxygen atoms in total. The molecule has 1 aliphatic heterocycles. The van der Waals surface area contributed by atoms with Crippen LogP contribution in [0.1, 0.15) is 24.3 Å². The number of methoxy groups -OCH3 is 2. The zero-order chi connectivity index (χ0) is 17.8. The van der Waals surface area contributed by atoms with Crippen LogP contribution in [0.5, 0.6) is 11.5 Å². The second-order valence-corrected chi connectivity index (χ2v) is 6.54. The average Bonchev–Trinajstić information content (AvgIpc) is 3.02. The van der Waals surface area contributed by atoms with E-state index in [0.29, 0.717) is 11.8 Å². The van der Waals surface area contributed by atoms with Gasteiger partial charge in [0.15, 0.2) is 0 Å². The number of aromatic nitrogens is 1. The van der Waals surface area contributed by atoms with Gasteiger partial charge >= 0.3 is 0 Å². The summed E-state index contributed by atoms with van der Waals surface area (Å²) in [7, 11) is 3.28. The van der Waals surface area contributed by atoms with E-state index in [4.69, 9.17) is 24.6 Å². The normalized spacial score (nSPS) is 16.2. The van der Waals surface area contributed by atoms with Crippen LogP contribution in [0.25, 0.3) is 11.5 Å². The highest BCUT2D eigenvalue weighted by Crippen LogP contribution is 2.34. The predicted molar refractivity (Wildman–Crippen MR) is 96.8 cm³/mol. The van der Waals surface area contributed by atoms with Gasteiger partial charge in [0.1, 0.15) is 17.3 Å². The van der Waals surface area contributed by atoms with Crippen LogP contribution >= 0.6 is 0 Å². The second-order valence-electron chi connectivity index (χ2n) is 6.54. The number of piperidine rings is 1. The molecule has 0 atom stereocenters. The molecule has 136 valence electrons. The lowest BCUT2D eigenvalue weighted by Gasteiger charge is -2.30. The van der Waals surface area contributed by atoms with Crippen molar-refractivity contribution in [2.45, 2.75) is 26.3 Å². The van der Waals surface area contributed by atoms with Crippen molar-refractivity contribution in [3.05, 3.63) is 29.7 Å². The average molecular weight is 345 g/mol. The molecule has 1 aromatic carbocycles. The summed E-state index contributed by atoms with van der Waals surface area (Å²) in [5.74, 6) is 3.54. The minimum absolute atomic E-state index is 0.570. The number of oxazole rings is 1. The van der Waals surface area contributed by atoms with Gasteiger partial charge in [-0.25, -0.2) is 4.98 Å². The van der Waals surface area contributed by atoms with Crippen molar-refractivity contribution in [1.82, 2.24) is 9.88 Å². The second kappa shape index (κ2) is 7.89. The molecule has 1 saturated heterocycles. The minimum atomic E-state index is 0.570. The van der Waals surface area contributed by atoms with Gasteiger partial charge in [0.05, 0.1) is 25.5 Å². The molecule has 25 heavy (non-hydrogen) atoms. The Morgan fingerprint density at radius 1 is 1.24 bits per heavy atom. The molecule has 2 heterocycles. The monoisotopic (exact) mass is 345 g/mol. The van der Waals surface area contributed by atoms with E-state index < -0.39 is 0 Å². The molecule has 0 spiro atoms. The van der Waals surface area contributed by atoms with Crippen LogP contribution in [-0.2, 0) is 6.54 Å². The van der Waals surface area contributed by atoms with Crippen molar-refractivity contribution in [2.24, 2.45) is 11.7 Å². The van der Waals surface area contributed by atoms with E-state index in [2.05, 4.69) is 4.90 Å². The number of likely N-dealkylation sites (tertiary alicyclic amines) is 1. The third kappa shape index (κ3) is 3.96. The predicted octanol–water partition coefficient (Wildman–Crippen LogP) is 2.84. The van der Waals surface area contributed by atoms with Gasteiger partial charge in [-0.05, 0) is 63.5 Å². The molecule has 0 unspecified atom stereocenters. The molecule has 6 heteroatoms. The Morgan fingerprint density at radius 2 is 2.00 bits per heavy atom. The molecule has 0 radical (unpaired) electrons. The van der Waals surface area contributed by atoms with Crippen LogP contribution < -0.4 is 15.2 Å². The number of ether oxygens (including phenoxy) is 2. The van der Waals surface area contributed by atoms with E-state index in [1.165, 1.54) is 0 Å². The Hall–Kier alpha value is -2.05. The highest BCUT2D eigenvalue weighted by molar-refractivity contribution is 5.65. The summed E-state index contributed by atoms with van der Waals surface area (Å²) in [6.07, 6.45) is 2.31. The fourth-order valence-electron chi connectivity index (χ4n) is 3.26. The molecule has 3 rings (SSSR count). The van der Waals surface area contributed by atoms with Crippen molar-refractivity contribution in [2.75, 3.05) is 33.9 Å². The number of nitrogens with zero attached hydrogens (tertiary/aromatic N) is 2. The first-order valence-corrected chi connectivity index (χ1v) is 8.75. The molecule has 0 saturated carbocycles. The summed E-state index contributed by atoms with van der Waals surface area (Å²) >= 11 is 0. The van der Waals surface area contributed by atoms with E-state index >= 15 is 0 Å². The highest BCUT2D eigenvalue weighted by atomic mass is 16.5. The van der Waals surface area contributed by atoms with Crippen LogP contribution in [0.4, 0.5) is 0 Å². The minimum Gasteiger partial charge on any atom is -0.497 e. The Kier molecular flexibility index (Phi) is 5.60. The maximum absolute atomic E-state index is 5.93. The lowest BCUT2D eigenvalue weighted by atomic mass is 9.97. The third-order valence-electron chi connectivity index (χ3n) is 4.94. The molecule has 0 aliphatic carbocycles. The smallest absolute Gasteiger partial charge is 0.230 e. The van der Waals surface area contributed by atoms with Crippen molar-refractivity contribution in [3.63, 3.8) is 0 Å². The van der Waals surface area contributed by atoms with Gasteiger partial charge in [-0.15, -0.1) is 0 Å². The summed E-state index contributed by atoms with van der Waals surface area (Å²) in [6.45, 7) is 5.68. The Balaban J connectivity index is 1.79. The van der Waals surface area contributed by atoms with E-state index in [9.17, 15) is 0 Å². The zero-order valence-corrected chi connectivity index (χ0v) is 15.2. The Bertz CT molecular complexity index is 706. The van der Waals surface area contributed by atoms with Gasteiger partial charge in [-0.2, -0.15) is 0 Å².